The summed E-state index contributed by atoms with van der Waals surface area (Å²) in [5, 5.41) is 13.4. The van der Waals surface area contributed by atoms with Crippen molar-refractivity contribution in [3.63, 3.8) is 0 Å². The number of amides is 1. The molecule has 1 amide bonds. The minimum Gasteiger partial charge on any atom is -0.488 e. The van der Waals surface area contributed by atoms with Gasteiger partial charge in [-0.2, -0.15) is 5.26 Å². The van der Waals surface area contributed by atoms with Crippen molar-refractivity contribution in [3.8, 4) is 11.8 Å². The summed E-state index contributed by atoms with van der Waals surface area (Å²) in [6.07, 6.45) is 1.49. The van der Waals surface area contributed by atoms with Gasteiger partial charge in [0.05, 0.1) is 0 Å². The molecule has 0 fully saturated rings. The quantitative estimate of drug-likeness (QED) is 0.295. The van der Waals surface area contributed by atoms with Gasteiger partial charge in [-0.15, -0.1) is 0 Å². The lowest BCUT2D eigenvalue weighted by Crippen LogP contribution is -2.13. The lowest BCUT2D eigenvalue weighted by atomic mass is 10.1. The van der Waals surface area contributed by atoms with Crippen molar-refractivity contribution in [2.75, 3.05) is 5.32 Å². The fourth-order valence-electron chi connectivity index (χ4n) is 2.59. The molecule has 7 heteroatoms. The zero-order valence-corrected chi connectivity index (χ0v) is 18.6. The third-order valence-electron chi connectivity index (χ3n) is 4.02. The van der Waals surface area contributed by atoms with Crippen molar-refractivity contribution in [3.05, 3.63) is 97.9 Å². The van der Waals surface area contributed by atoms with E-state index < -0.39 is 5.91 Å². The Morgan fingerprint density at radius 3 is 2.53 bits per heavy atom. The van der Waals surface area contributed by atoms with Crippen molar-refractivity contribution in [2.45, 2.75) is 6.61 Å². The number of carbonyl (C=O) groups is 1. The van der Waals surface area contributed by atoms with Crippen molar-refractivity contribution in [2.24, 2.45) is 0 Å². The monoisotopic (exact) mass is 500 g/mol. The maximum absolute atomic E-state index is 12.5. The minimum atomic E-state index is -0.527. The van der Waals surface area contributed by atoms with Gasteiger partial charge in [-0.25, -0.2) is 0 Å². The summed E-state index contributed by atoms with van der Waals surface area (Å²) in [4.78, 5) is 12.5. The number of rotatable bonds is 6. The van der Waals surface area contributed by atoms with Gasteiger partial charge >= 0.3 is 0 Å². The lowest BCUT2D eigenvalue weighted by Gasteiger charge is -2.11. The average Bonchev–Trinajstić information content (AvgIpc) is 2.73. The Kier molecular flexibility index (Phi) is 7.53. The summed E-state index contributed by atoms with van der Waals surface area (Å²) in [5.41, 5.74) is 1.98. The first-order valence-corrected chi connectivity index (χ1v) is 10.3. The van der Waals surface area contributed by atoms with Gasteiger partial charge in [0.1, 0.15) is 24.0 Å². The number of hydrogen-bond acceptors (Lipinski definition) is 3. The summed E-state index contributed by atoms with van der Waals surface area (Å²) in [6, 6.07) is 21.3. The molecule has 0 aliphatic rings. The number of benzene rings is 3. The lowest BCUT2D eigenvalue weighted by molar-refractivity contribution is -0.112. The number of ether oxygens (including phenoxy) is 1. The van der Waals surface area contributed by atoms with Crippen LogP contribution in [0.3, 0.4) is 0 Å². The van der Waals surface area contributed by atoms with E-state index in [2.05, 4.69) is 21.2 Å². The molecular weight excluding hydrogens is 487 g/mol. The van der Waals surface area contributed by atoms with Crippen LogP contribution in [0.1, 0.15) is 11.1 Å². The van der Waals surface area contributed by atoms with Crippen LogP contribution in [-0.4, -0.2) is 5.91 Å². The number of nitrogens with one attached hydrogen (secondary N) is 1. The molecule has 0 saturated carbocycles. The highest BCUT2D eigenvalue weighted by Crippen LogP contribution is 2.27. The summed E-state index contributed by atoms with van der Waals surface area (Å²) in [6.45, 7) is 0.294. The van der Waals surface area contributed by atoms with Gasteiger partial charge in [0.25, 0.3) is 5.91 Å². The second-order valence-corrected chi connectivity index (χ2v) is 8.02. The highest BCUT2D eigenvalue weighted by molar-refractivity contribution is 9.10. The molecule has 1 N–H and O–H groups in total. The number of halogens is 3. The molecule has 3 aromatic carbocycles. The molecular formula is C23H15BrCl2N2O2. The zero-order valence-electron chi connectivity index (χ0n) is 15.5. The maximum Gasteiger partial charge on any atom is 0.266 e. The van der Waals surface area contributed by atoms with Crippen LogP contribution >= 0.6 is 39.1 Å². The zero-order chi connectivity index (χ0) is 21.5. The van der Waals surface area contributed by atoms with E-state index in [0.29, 0.717) is 33.7 Å². The van der Waals surface area contributed by atoms with Gasteiger partial charge in [-0.1, -0.05) is 51.3 Å². The topological polar surface area (TPSA) is 62.1 Å². The molecule has 30 heavy (non-hydrogen) atoms. The van der Waals surface area contributed by atoms with E-state index in [-0.39, 0.29) is 5.57 Å². The normalized spacial score (nSPS) is 10.9. The fourth-order valence-corrected chi connectivity index (χ4v) is 3.30. The van der Waals surface area contributed by atoms with Crippen molar-refractivity contribution in [1.29, 1.82) is 5.26 Å². The summed E-state index contributed by atoms with van der Waals surface area (Å²) >= 11 is 15.3. The number of nitrogens with zero attached hydrogens (tertiary/aromatic N) is 1. The van der Waals surface area contributed by atoms with Crippen LogP contribution in [-0.2, 0) is 11.4 Å². The van der Waals surface area contributed by atoms with E-state index in [0.717, 1.165) is 10.0 Å². The average molecular weight is 502 g/mol. The highest BCUT2D eigenvalue weighted by atomic mass is 79.9. The molecule has 0 aromatic heterocycles. The number of nitriles is 1. The smallest absolute Gasteiger partial charge is 0.266 e. The Morgan fingerprint density at radius 1 is 1.07 bits per heavy atom. The predicted molar refractivity (Wildman–Crippen MR) is 124 cm³/mol. The van der Waals surface area contributed by atoms with Gasteiger partial charge in [0, 0.05) is 25.8 Å². The summed E-state index contributed by atoms with van der Waals surface area (Å²) in [7, 11) is 0. The Labute approximate surface area is 192 Å². The predicted octanol–water partition coefficient (Wildman–Crippen LogP) is 6.88. The van der Waals surface area contributed by atoms with Crippen LogP contribution in [0.2, 0.25) is 10.0 Å². The molecule has 0 aliphatic heterocycles. The van der Waals surface area contributed by atoms with Crippen molar-refractivity contribution in [1.82, 2.24) is 0 Å². The number of carbonyl (C=O) groups excluding carboxylic acids is 1. The van der Waals surface area contributed by atoms with E-state index >= 15 is 0 Å². The molecule has 0 saturated heterocycles. The molecule has 4 nitrogen and oxygen atoms in total. The van der Waals surface area contributed by atoms with Crippen molar-refractivity contribution >= 4 is 56.8 Å². The molecule has 0 unspecified atom stereocenters. The standard InChI is InChI=1S/C23H15BrCl2N2O2/c24-18-4-9-22(30-14-15-2-1-3-20(26)10-15)16(12-18)11-17(13-27)23(29)28-21-7-5-19(25)6-8-21/h1-12H,14H2,(H,28,29)/b17-11+. The van der Waals surface area contributed by atoms with E-state index in [1.165, 1.54) is 6.08 Å². The number of hydrogen-bond donors (Lipinski definition) is 1. The second-order valence-electron chi connectivity index (χ2n) is 6.23. The molecule has 3 rings (SSSR count). The summed E-state index contributed by atoms with van der Waals surface area (Å²) < 4.78 is 6.70. The van der Waals surface area contributed by atoms with Gasteiger partial charge in [-0.3, -0.25) is 4.79 Å². The Hall–Kier alpha value is -2.78. The largest absolute Gasteiger partial charge is 0.488 e. The Bertz CT molecular complexity index is 1140. The van der Waals surface area contributed by atoms with Crippen LogP contribution in [0.25, 0.3) is 6.08 Å². The third kappa shape index (κ3) is 6.11. The third-order valence-corrected chi connectivity index (χ3v) is 5.00. The van der Waals surface area contributed by atoms with E-state index in [9.17, 15) is 10.1 Å². The first-order chi connectivity index (χ1) is 14.4. The molecule has 0 radical (unpaired) electrons. The van der Waals surface area contributed by atoms with E-state index in [4.69, 9.17) is 27.9 Å². The SMILES string of the molecule is N#C/C(=C\c1cc(Br)ccc1OCc1cccc(Cl)c1)C(=O)Nc1ccc(Cl)cc1. The van der Waals surface area contributed by atoms with Crippen LogP contribution in [0.15, 0.2) is 76.8 Å². The van der Waals surface area contributed by atoms with Crippen LogP contribution in [0.5, 0.6) is 5.75 Å². The molecule has 0 atom stereocenters. The Morgan fingerprint density at radius 2 is 1.83 bits per heavy atom. The first-order valence-electron chi connectivity index (χ1n) is 8.80. The molecule has 3 aromatic rings. The van der Waals surface area contributed by atoms with Gasteiger partial charge < -0.3 is 10.1 Å². The van der Waals surface area contributed by atoms with Crippen LogP contribution < -0.4 is 10.1 Å². The van der Waals surface area contributed by atoms with E-state index in [1.807, 2.05) is 30.3 Å². The minimum absolute atomic E-state index is 0.0596. The maximum atomic E-state index is 12.5. The highest BCUT2D eigenvalue weighted by Gasteiger charge is 2.12. The van der Waals surface area contributed by atoms with Gasteiger partial charge in [0.2, 0.25) is 0 Å². The van der Waals surface area contributed by atoms with E-state index in [1.54, 1.807) is 42.5 Å². The molecule has 0 spiro atoms. The molecule has 0 heterocycles. The molecule has 150 valence electrons. The van der Waals surface area contributed by atoms with Gasteiger partial charge in [-0.05, 0) is 66.2 Å². The van der Waals surface area contributed by atoms with Gasteiger partial charge in [0.15, 0.2) is 0 Å². The molecule has 0 bridgehead atoms. The Balaban J connectivity index is 1.82. The van der Waals surface area contributed by atoms with Crippen molar-refractivity contribution < 1.29 is 9.53 Å². The van der Waals surface area contributed by atoms with Crippen LogP contribution in [0, 0.1) is 11.3 Å². The first kappa shape index (κ1) is 21.9. The molecule has 0 aliphatic carbocycles. The van der Waals surface area contributed by atoms with Crippen LogP contribution in [0.4, 0.5) is 5.69 Å². The second kappa shape index (κ2) is 10.3. The fraction of sp³-hybridized carbons (Fsp3) is 0.0435. The number of anilines is 1. The summed E-state index contributed by atoms with van der Waals surface area (Å²) in [5.74, 6) is 0.00538.